The van der Waals surface area contributed by atoms with Gasteiger partial charge in [-0.3, -0.25) is 4.79 Å². The van der Waals surface area contributed by atoms with Gasteiger partial charge in [-0.25, -0.2) is 0 Å². The van der Waals surface area contributed by atoms with Crippen molar-refractivity contribution < 1.29 is 9.90 Å². The number of carboxylic acid groups (broad SMARTS) is 1. The summed E-state index contributed by atoms with van der Waals surface area (Å²) in [4.78, 5) is 10.5. The molecule has 1 aromatic rings. The summed E-state index contributed by atoms with van der Waals surface area (Å²) in [6, 6.07) is 11.2. The number of unbranched alkanes of at least 4 members (excludes halogenated alkanes) is 8. The molecule has 0 saturated heterocycles. The van der Waals surface area contributed by atoms with Crippen molar-refractivity contribution in [3.05, 3.63) is 35.9 Å². The summed E-state index contributed by atoms with van der Waals surface area (Å²) in [5, 5.41) is 12.4. The second kappa shape index (κ2) is 14.9. The molecule has 2 N–H and O–H groups in total. The largest absolute Gasteiger partial charge is 0.481 e. The van der Waals surface area contributed by atoms with Crippen LogP contribution in [0.5, 0.6) is 0 Å². The molecule has 142 valence electrons. The van der Waals surface area contributed by atoms with Crippen molar-refractivity contribution in [3.63, 3.8) is 0 Å². The predicted molar refractivity (Wildman–Crippen MR) is 106 cm³/mol. The number of carboxylic acids is 1. The summed E-state index contributed by atoms with van der Waals surface area (Å²) in [7, 11) is 0. The Morgan fingerprint density at radius 3 is 2.28 bits per heavy atom. The van der Waals surface area contributed by atoms with Crippen LogP contribution in [0.2, 0.25) is 0 Å². The molecule has 0 aliphatic heterocycles. The molecule has 0 aliphatic rings. The van der Waals surface area contributed by atoms with Crippen LogP contribution in [0, 0.1) is 0 Å². The minimum absolute atomic E-state index is 0.304. The van der Waals surface area contributed by atoms with Gasteiger partial charge in [0.15, 0.2) is 0 Å². The van der Waals surface area contributed by atoms with Gasteiger partial charge in [0.05, 0.1) is 0 Å². The maximum atomic E-state index is 10.5. The van der Waals surface area contributed by atoms with E-state index in [0.29, 0.717) is 12.5 Å². The van der Waals surface area contributed by atoms with E-state index in [1.54, 1.807) is 0 Å². The van der Waals surface area contributed by atoms with Crippen LogP contribution in [0.1, 0.15) is 95.6 Å². The van der Waals surface area contributed by atoms with Crippen LogP contribution < -0.4 is 5.32 Å². The maximum absolute atomic E-state index is 10.5. The van der Waals surface area contributed by atoms with Gasteiger partial charge < -0.3 is 10.4 Å². The number of rotatable bonds is 16. The van der Waals surface area contributed by atoms with E-state index in [1.807, 2.05) is 0 Å². The molecule has 0 heterocycles. The number of aliphatic carboxylic acids is 1. The molecule has 25 heavy (non-hydrogen) atoms. The SMILES string of the molecule is CCCCCCCCC(NCCCCCCC(=O)O)c1ccccc1. The van der Waals surface area contributed by atoms with E-state index in [1.165, 1.54) is 50.5 Å². The van der Waals surface area contributed by atoms with Crippen molar-refractivity contribution in [1.82, 2.24) is 5.32 Å². The summed E-state index contributed by atoms with van der Waals surface area (Å²) in [6.45, 7) is 3.28. The van der Waals surface area contributed by atoms with Gasteiger partial charge >= 0.3 is 5.97 Å². The van der Waals surface area contributed by atoms with Gasteiger partial charge in [-0.1, -0.05) is 88.6 Å². The Bertz CT molecular complexity index is 433. The molecule has 0 amide bonds. The predicted octanol–water partition coefficient (Wildman–Crippen LogP) is 6.10. The zero-order valence-corrected chi connectivity index (χ0v) is 16.0. The molecule has 0 spiro atoms. The Morgan fingerprint density at radius 1 is 0.920 bits per heavy atom. The lowest BCUT2D eigenvalue weighted by molar-refractivity contribution is -0.137. The molecular weight excluding hydrogens is 310 g/mol. The standard InChI is InChI=1S/C22H37NO2/c1-2-3-4-5-6-12-17-21(20-15-10-9-11-16-20)23-19-14-8-7-13-18-22(24)25/h9-11,15-16,21,23H,2-8,12-14,17-19H2,1H3,(H,24,25). The Labute approximate surface area is 154 Å². The first-order chi connectivity index (χ1) is 12.2. The van der Waals surface area contributed by atoms with Crippen molar-refractivity contribution in [2.24, 2.45) is 0 Å². The zero-order chi connectivity index (χ0) is 18.2. The van der Waals surface area contributed by atoms with Crippen molar-refractivity contribution in [3.8, 4) is 0 Å². The highest BCUT2D eigenvalue weighted by Gasteiger charge is 2.10. The quantitative estimate of drug-likeness (QED) is 0.355. The second-order valence-corrected chi connectivity index (χ2v) is 7.03. The fraction of sp³-hybridized carbons (Fsp3) is 0.682. The first-order valence-corrected chi connectivity index (χ1v) is 10.2. The lowest BCUT2D eigenvalue weighted by Crippen LogP contribution is -2.22. The van der Waals surface area contributed by atoms with Crippen molar-refractivity contribution in [2.75, 3.05) is 6.54 Å². The lowest BCUT2D eigenvalue weighted by atomic mass is 9.99. The van der Waals surface area contributed by atoms with Crippen molar-refractivity contribution >= 4 is 5.97 Å². The molecule has 0 bridgehead atoms. The molecule has 3 nitrogen and oxygen atoms in total. The minimum atomic E-state index is -0.679. The molecule has 0 fully saturated rings. The molecule has 0 aliphatic carbocycles. The molecule has 1 unspecified atom stereocenters. The highest BCUT2D eigenvalue weighted by molar-refractivity contribution is 5.66. The molecular formula is C22H37NO2. The monoisotopic (exact) mass is 347 g/mol. The Hall–Kier alpha value is -1.35. The lowest BCUT2D eigenvalue weighted by Gasteiger charge is -2.19. The fourth-order valence-electron chi connectivity index (χ4n) is 3.23. The van der Waals surface area contributed by atoms with Gasteiger partial charge in [-0.15, -0.1) is 0 Å². The van der Waals surface area contributed by atoms with Gasteiger partial charge in [0.2, 0.25) is 0 Å². The highest BCUT2D eigenvalue weighted by atomic mass is 16.4. The Kier molecular flexibility index (Phi) is 13.0. The van der Waals surface area contributed by atoms with Crippen molar-refractivity contribution in [1.29, 1.82) is 0 Å². The number of nitrogens with one attached hydrogen (secondary N) is 1. The normalized spacial score (nSPS) is 12.2. The van der Waals surface area contributed by atoms with E-state index >= 15 is 0 Å². The summed E-state index contributed by atoms with van der Waals surface area (Å²) in [6.07, 6.45) is 13.6. The topological polar surface area (TPSA) is 49.3 Å². The first-order valence-electron chi connectivity index (χ1n) is 10.2. The average Bonchev–Trinajstić information content (AvgIpc) is 2.62. The van der Waals surface area contributed by atoms with Crippen LogP contribution in [-0.2, 0) is 4.79 Å². The molecule has 1 aromatic carbocycles. The molecule has 0 saturated carbocycles. The zero-order valence-electron chi connectivity index (χ0n) is 16.0. The van der Waals surface area contributed by atoms with Gasteiger partial charge in [0, 0.05) is 12.5 Å². The first kappa shape index (κ1) is 21.7. The van der Waals surface area contributed by atoms with Gasteiger partial charge in [0.25, 0.3) is 0 Å². The molecule has 1 atom stereocenters. The van der Waals surface area contributed by atoms with E-state index in [0.717, 1.165) is 32.2 Å². The third-order valence-corrected chi connectivity index (χ3v) is 4.76. The average molecular weight is 348 g/mol. The smallest absolute Gasteiger partial charge is 0.303 e. The van der Waals surface area contributed by atoms with E-state index in [-0.39, 0.29) is 0 Å². The number of benzene rings is 1. The second-order valence-electron chi connectivity index (χ2n) is 7.03. The van der Waals surface area contributed by atoms with Crippen LogP contribution in [0.25, 0.3) is 0 Å². The van der Waals surface area contributed by atoms with E-state index in [4.69, 9.17) is 5.11 Å². The summed E-state index contributed by atoms with van der Waals surface area (Å²) >= 11 is 0. The third-order valence-electron chi connectivity index (χ3n) is 4.76. The van der Waals surface area contributed by atoms with Crippen LogP contribution in [0.3, 0.4) is 0 Å². The van der Waals surface area contributed by atoms with Crippen LogP contribution >= 0.6 is 0 Å². The molecule has 1 rings (SSSR count). The number of hydrogen-bond donors (Lipinski definition) is 2. The Balaban J connectivity index is 2.24. The van der Waals surface area contributed by atoms with E-state index in [9.17, 15) is 4.79 Å². The van der Waals surface area contributed by atoms with Crippen LogP contribution in [0.15, 0.2) is 30.3 Å². The summed E-state index contributed by atoms with van der Waals surface area (Å²) < 4.78 is 0. The molecule has 0 radical (unpaired) electrons. The molecule has 3 heteroatoms. The highest BCUT2D eigenvalue weighted by Crippen LogP contribution is 2.20. The van der Waals surface area contributed by atoms with Gasteiger partial charge in [-0.2, -0.15) is 0 Å². The molecule has 0 aromatic heterocycles. The van der Waals surface area contributed by atoms with Gasteiger partial charge in [0.1, 0.15) is 0 Å². The van der Waals surface area contributed by atoms with Crippen LogP contribution in [0.4, 0.5) is 0 Å². The number of hydrogen-bond acceptors (Lipinski definition) is 2. The maximum Gasteiger partial charge on any atom is 0.303 e. The van der Waals surface area contributed by atoms with Crippen molar-refractivity contribution in [2.45, 2.75) is 90.0 Å². The summed E-state index contributed by atoms with van der Waals surface area (Å²) in [5.41, 5.74) is 1.39. The number of carbonyl (C=O) groups is 1. The van der Waals surface area contributed by atoms with E-state index in [2.05, 4.69) is 42.6 Å². The van der Waals surface area contributed by atoms with E-state index < -0.39 is 5.97 Å². The third kappa shape index (κ3) is 11.8. The fourth-order valence-corrected chi connectivity index (χ4v) is 3.23. The minimum Gasteiger partial charge on any atom is -0.481 e. The van der Waals surface area contributed by atoms with Gasteiger partial charge in [-0.05, 0) is 31.4 Å². The van der Waals surface area contributed by atoms with Crippen LogP contribution in [-0.4, -0.2) is 17.6 Å². The summed E-state index contributed by atoms with van der Waals surface area (Å²) in [5.74, 6) is -0.679. The Morgan fingerprint density at radius 2 is 1.56 bits per heavy atom.